The number of hydrogen-bond donors (Lipinski definition) is 3. The largest absolute Gasteiger partial charge is 0.478 e. The molecule has 2 fully saturated rings. The van der Waals surface area contributed by atoms with Crippen LogP contribution in [-0.2, 0) is 0 Å². The fourth-order valence-corrected chi connectivity index (χ4v) is 7.99. The number of aromatic carboxylic acids is 1. The van der Waals surface area contributed by atoms with Gasteiger partial charge in [0.25, 0.3) is 0 Å². The summed E-state index contributed by atoms with van der Waals surface area (Å²) in [6, 6.07) is 15.7. The number of halogens is 2. The Balaban J connectivity index is 1.12. The predicted molar refractivity (Wildman–Crippen MR) is 173 cm³/mol. The van der Waals surface area contributed by atoms with Gasteiger partial charge in [-0.15, -0.1) is 0 Å². The fourth-order valence-electron chi connectivity index (χ4n) is 7.22. The number of nitrogens with zero attached hydrogens (tertiary/aromatic N) is 2. The smallest absolute Gasteiger partial charge is 0.339 e. The lowest BCUT2D eigenvalue weighted by Crippen LogP contribution is -2.45. The van der Waals surface area contributed by atoms with Crippen LogP contribution in [-0.4, -0.2) is 58.7 Å². The number of rotatable bonds is 7. The first-order chi connectivity index (χ1) is 20.9. The van der Waals surface area contributed by atoms with Gasteiger partial charge in [0.2, 0.25) is 0 Å². The van der Waals surface area contributed by atoms with Crippen molar-refractivity contribution in [3.63, 3.8) is 0 Å². The number of piperazine rings is 1. The lowest BCUT2D eigenvalue weighted by atomic mass is 9.53. The Morgan fingerprint density at radius 3 is 2.70 bits per heavy atom. The van der Waals surface area contributed by atoms with Crippen LogP contribution < -0.4 is 10.1 Å². The Bertz CT molecular complexity index is 1700. The molecule has 0 bridgehead atoms. The van der Waals surface area contributed by atoms with Crippen LogP contribution in [0, 0.1) is 5.41 Å². The number of fused-ring (bicyclic) bond motifs is 1. The van der Waals surface area contributed by atoms with Crippen molar-refractivity contribution >= 4 is 50.1 Å². The fraction of sp³-hybridized carbons (Fsp3) is 0.353. The van der Waals surface area contributed by atoms with E-state index < -0.39 is 5.97 Å². The minimum atomic E-state index is -1.00. The van der Waals surface area contributed by atoms with Crippen molar-refractivity contribution in [2.75, 3.05) is 32.7 Å². The maximum atomic E-state index is 12.4. The van der Waals surface area contributed by atoms with E-state index in [0.717, 1.165) is 84.5 Å². The Hall–Kier alpha value is -3.17. The van der Waals surface area contributed by atoms with E-state index >= 15 is 0 Å². The van der Waals surface area contributed by atoms with Crippen LogP contribution in [0.25, 0.3) is 16.6 Å². The molecule has 222 valence electrons. The molecule has 9 heteroatoms. The molecule has 2 aliphatic carbocycles. The highest BCUT2D eigenvalue weighted by molar-refractivity contribution is 9.10. The van der Waals surface area contributed by atoms with E-state index in [1.165, 1.54) is 17.6 Å². The Kier molecular flexibility index (Phi) is 7.80. The van der Waals surface area contributed by atoms with Crippen LogP contribution in [0.3, 0.4) is 0 Å². The molecule has 1 spiro atoms. The zero-order valence-electron chi connectivity index (χ0n) is 23.8. The van der Waals surface area contributed by atoms with E-state index in [0.29, 0.717) is 17.4 Å². The normalized spacial score (nSPS) is 22.6. The van der Waals surface area contributed by atoms with Crippen molar-refractivity contribution in [3.05, 3.63) is 92.7 Å². The average Bonchev–Trinajstić information content (AvgIpc) is 3.46. The molecule has 2 aromatic heterocycles. The quantitative estimate of drug-likeness (QED) is 0.187. The SMILES string of the molecule is O=C(O)c1cc(C2CC3(CCC(CN4CCNCC4)=C(c4ccc(Cl)cc4)C3)C2)c(Br)cc1Oc1cnc2[nH]ccc2c1. The summed E-state index contributed by atoms with van der Waals surface area (Å²) < 4.78 is 6.94. The number of nitrogens with one attached hydrogen (secondary N) is 2. The van der Waals surface area contributed by atoms with Crippen molar-refractivity contribution in [2.24, 2.45) is 5.41 Å². The molecule has 0 radical (unpaired) electrons. The van der Waals surface area contributed by atoms with E-state index in [1.807, 2.05) is 30.5 Å². The maximum Gasteiger partial charge on any atom is 0.339 e. The number of aromatic nitrogens is 2. The van der Waals surface area contributed by atoms with Gasteiger partial charge in [0.15, 0.2) is 0 Å². The molecular weight excluding hydrogens is 628 g/mol. The van der Waals surface area contributed by atoms with Crippen LogP contribution in [0.5, 0.6) is 11.5 Å². The number of ether oxygens (including phenoxy) is 1. The van der Waals surface area contributed by atoms with Crippen LogP contribution in [0.4, 0.5) is 0 Å². The third-order valence-electron chi connectivity index (χ3n) is 9.48. The first kappa shape index (κ1) is 28.6. The van der Waals surface area contributed by atoms with E-state index in [-0.39, 0.29) is 11.0 Å². The number of aromatic amines is 1. The third-order valence-corrected chi connectivity index (χ3v) is 10.4. The number of hydrogen-bond acceptors (Lipinski definition) is 5. The molecule has 0 amide bonds. The maximum absolute atomic E-state index is 12.4. The molecule has 43 heavy (non-hydrogen) atoms. The van der Waals surface area contributed by atoms with Crippen LogP contribution in [0.15, 0.2) is 71.0 Å². The Morgan fingerprint density at radius 1 is 1.14 bits per heavy atom. The number of allylic oxidation sites excluding steroid dienone is 1. The summed E-state index contributed by atoms with van der Waals surface area (Å²) >= 11 is 10.0. The highest BCUT2D eigenvalue weighted by atomic mass is 79.9. The molecule has 3 heterocycles. The molecule has 1 saturated carbocycles. The molecule has 7 rings (SSSR count). The summed E-state index contributed by atoms with van der Waals surface area (Å²) in [5, 5.41) is 15.2. The average molecular weight is 662 g/mol. The highest BCUT2D eigenvalue weighted by Gasteiger charge is 2.47. The number of carbonyl (C=O) groups is 1. The number of benzene rings is 2. The molecule has 3 N–H and O–H groups in total. The number of carboxylic acids is 1. The van der Waals surface area contributed by atoms with Gasteiger partial charge in [-0.1, -0.05) is 45.2 Å². The van der Waals surface area contributed by atoms with Gasteiger partial charge in [0.1, 0.15) is 22.7 Å². The summed E-state index contributed by atoms with van der Waals surface area (Å²) in [7, 11) is 0. The number of carboxylic acid groups (broad SMARTS) is 1. The van der Waals surface area contributed by atoms with Gasteiger partial charge in [0.05, 0.1) is 6.20 Å². The van der Waals surface area contributed by atoms with Crippen LogP contribution in [0.2, 0.25) is 5.02 Å². The van der Waals surface area contributed by atoms with Crippen molar-refractivity contribution in [1.82, 2.24) is 20.2 Å². The van der Waals surface area contributed by atoms with E-state index in [2.05, 4.69) is 48.2 Å². The predicted octanol–water partition coefficient (Wildman–Crippen LogP) is 7.88. The van der Waals surface area contributed by atoms with Gasteiger partial charge in [-0.3, -0.25) is 4.90 Å². The monoisotopic (exact) mass is 660 g/mol. The van der Waals surface area contributed by atoms with E-state index in [9.17, 15) is 9.90 Å². The van der Waals surface area contributed by atoms with Gasteiger partial charge in [0, 0.05) is 53.8 Å². The second-order valence-electron chi connectivity index (χ2n) is 12.3. The summed E-state index contributed by atoms with van der Waals surface area (Å²) in [6.07, 6.45) is 8.81. The minimum absolute atomic E-state index is 0.164. The summed E-state index contributed by atoms with van der Waals surface area (Å²) in [5.41, 5.74) is 6.50. The van der Waals surface area contributed by atoms with Crippen molar-refractivity contribution in [2.45, 2.75) is 38.0 Å². The second kappa shape index (κ2) is 11.7. The van der Waals surface area contributed by atoms with Crippen molar-refractivity contribution in [3.8, 4) is 11.5 Å². The van der Waals surface area contributed by atoms with Gasteiger partial charge in [-0.25, -0.2) is 9.78 Å². The first-order valence-corrected chi connectivity index (χ1v) is 16.1. The molecule has 1 aliphatic heterocycles. The summed E-state index contributed by atoms with van der Waals surface area (Å²) in [4.78, 5) is 22.4. The molecule has 4 aromatic rings. The Labute approximate surface area is 264 Å². The Morgan fingerprint density at radius 2 is 1.93 bits per heavy atom. The van der Waals surface area contributed by atoms with Crippen molar-refractivity contribution < 1.29 is 14.6 Å². The van der Waals surface area contributed by atoms with Crippen LogP contribution in [0.1, 0.15) is 59.5 Å². The molecule has 2 aromatic carbocycles. The highest BCUT2D eigenvalue weighted by Crippen LogP contribution is 2.61. The first-order valence-electron chi connectivity index (χ1n) is 14.9. The zero-order valence-corrected chi connectivity index (χ0v) is 26.2. The number of H-pyrrole nitrogens is 1. The van der Waals surface area contributed by atoms with Gasteiger partial charge < -0.3 is 20.1 Å². The summed E-state index contributed by atoms with van der Waals surface area (Å²) in [6.45, 7) is 5.29. The van der Waals surface area contributed by atoms with E-state index in [1.54, 1.807) is 23.9 Å². The second-order valence-corrected chi connectivity index (χ2v) is 13.6. The molecule has 0 unspecified atom stereocenters. The van der Waals surface area contributed by atoms with Gasteiger partial charge in [-0.2, -0.15) is 0 Å². The molecule has 7 nitrogen and oxygen atoms in total. The van der Waals surface area contributed by atoms with Gasteiger partial charge >= 0.3 is 5.97 Å². The van der Waals surface area contributed by atoms with Crippen molar-refractivity contribution in [1.29, 1.82) is 0 Å². The standard InChI is InChI=1S/C34H34BrClN4O3/c35-30-15-31(43-26-13-22-6-8-38-32(22)39-19-26)28(33(41)42)14-27(30)24-16-34(17-24)7-5-23(20-40-11-9-37-10-12-40)29(18-34)21-1-3-25(36)4-2-21/h1-4,6,8,13-15,19,24,37H,5,7,9-12,16-18,20H2,(H,38,39)(H,41,42). The third kappa shape index (κ3) is 5.86. The zero-order chi connectivity index (χ0) is 29.6. The van der Waals surface area contributed by atoms with Gasteiger partial charge in [-0.05, 0) is 96.5 Å². The van der Waals surface area contributed by atoms with E-state index in [4.69, 9.17) is 16.3 Å². The number of pyridine rings is 1. The lowest BCUT2D eigenvalue weighted by molar-refractivity contribution is 0.0693. The molecule has 1 saturated heterocycles. The molecule has 3 aliphatic rings. The molecular formula is C34H34BrClN4O3. The lowest BCUT2D eigenvalue weighted by Gasteiger charge is -2.52. The minimum Gasteiger partial charge on any atom is -0.478 e. The summed E-state index contributed by atoms with van der Waals surface area (Å²) in [5.74, 6) is 0.0893. The van der Waals surface area contributed by atoms with Crippen LogP contribution >= 0.6 is 27.5 Å². The molecule has 0 atom stereocenters. The topological polar surface area (TPSA) is 90.5 Å².